The number of hydrazone groups is 1. The van der Waals surface area contributed by atoms with Gasteiger partial charge in [0.15, 0.2) is 0 Å². The monoisotopic (exact) mass is 322 g/mol. The summed E-state index contributed by atoms with van der Waals surface area (Å²) >= 11 is 12.0. The fourth-order valence-corrected chi connectivity index (χ4v) is 2.18. The summed E-state index contributed by atoms with van der Waals surface area (Å²) in [6, 6.07) is 12.0. The van der Waals surface area contributed by atoms with Crippen molar-refractivity contribution in [2.24, 2.45) is 5.10 Å². The maximum Gasteiger partial charge on any atom is 0.275 e. The van der Waals surface area contributed by atoms with E-state index < -0.39 is 0 Å². The Bertz CT molecular complexity index is 667. The van der Waals surface area contributed by atoms with E-state index in [2.05, 4.69) is 10.5 Å². The zero-order valence-corrected chi connectivity index (χ0v) is 12.7. The molecule has 21 heavy (non-hydrogen) atoms. The van der Waals surface area contributed by atoms with Crippen molar-refractivity contribution in [3.8, 4) is 5.75 Å². The molecule has 108 valence electrons. The van der Waals surface area contributed by atoms with Crippen LogP contribution in [0.2, 0.25) is 10.0 Å². The van der Waals surface area contributed by atoms with Crippen molar-refractivity contribution in [3.05, 3.63) is 63.6 Å². The smallest absolute Gasteiger partial charge is 0.275 e. The number of hydrogen-bond acceptors (Lipinski definition) is 3. The Labute approximate surface area is 132 Å². The van der Waals surface area contributed by atoms with E-state index in [1.807, 2.05) is 0 Å². The maximum absolute atomic E-state index is 12.0. The van der Waals surface area contributed by atoms with Gasteiger partial charge in [-0.25, -0.2) is 5.43 Å². The number of carbonyl (C=O) groups is 1. The summed E-state index contributed by atoms with van der Waals surface area (Å²) in [5.41, 5.74) is 3.34. The van der Waals surface area contributed by atoms with Crippen LogP contribution >= 0.6 is 23.2 Å². The highest BCUT2D eigenvalue weighted by molar-refractivity contribution is 6.38. The second-order valence-corrected chi connectivity index (χ2v) is 4.85. The Balaban J connectivity index is 2.12. The molecule has 0 aromatic heterocycles. The number of rotatable bonds is 4. The average Bonchev–Trinajstić information content (AvgIpc) is 2.50. The zero-order chi connectivity index (χ0) is 15.2. The number of carbonyl (C=O) groups excluding carboxylic acids is 1. The SMILES string of the molecule is COc1ccccc1C(=O)N/N=C/c1c(Cl)cccc1Cl. The quantitative estimate of drug-likeness (QED) is 0.688. The first-order chi connectivity index (χ1) is 10.1. The van der Waals surface area contributed by atoms with Crippen molar-refractivity contribution in [1.82, 2.24) is 5.43 Å². The molecule has 0 unspecified atom stereocenters. The van der Waals surface area contributed by atoms with Crippen LogP contribution < -0.4 is 10.2 Å². The van der Waals surface area contributed by atoms with Crippen molar-refractivity contribution < 1.29 is 9.53 Å². The van der Waals surface area contributed by atoms with Gasteiger partial charge in [-0.05, 0) is 24.3 Å². The average molecular weight is 323 g/mol. The minimum atomic E-state index is -0.383. The molecule has 0 aliphatic rings. The van der Waals surface area contributed by atoms with Gasteiger partial charge in [-0.2, -0.15) is 5.10 Å². The summed E-state index contributed by atoms with van der Waals surface area (Å²) in [7, 11) is 1.50. The lowest BCUT2D eigenvalue weighted by Gasteiger charge is -2.06. The first kappa shape index (κ1) is 15.4. The van der Waals surface area contributed by atoms with Crippen LogP contribution in [0.15, 0.2) is 47.6 Å². The number of ether oxygens (including phenoxy) is 1. The van der Waals surface area contributed by atoms with Crippen LogP contribution in [0.3, 0.4) is 0 Å². The normalized spacial score (nSPS) is 10.6. The van der Waals surface area contributed by atoms with E-state index in [1.54, 1.807) is 42.5 Å². The largest absolute Gasteiger partial charge is 0.496 e. The lowest BCUT2D eigenvalue weighted by Crippen LogP contribution is -2.18. The Morgan fingerprint density at radius 3 is 2.48 bits per heavy atom. The minimum absolute atomic E-state index is 0.383. The summed E-state index contributed by atoms with van der Waals surface area (Å²) in [6.45, 7) is 0. The summed E-state index contributed by atoms with van der Waals surface area (Å²) in [6.07, 6.45) is 1.40. The molecule has 1 amide bonds. The van der Waals surface area contributed by atoms with E-state index in [0.29, 0.717) is 26.9 Å². The van der Waals surface area contributed by atoms with Gasteiger partial charge in [0.05, 0.1) is 28.9 Å². The third-order valence-electron chi connectivity index (χ3n) is 2.71. The maximum atomic E-state index is 12.0. The molecule has 6 heteroatoms. The molecule has 1 N–H and O–H groups in total. The molecule has 0 heterocycles. The Morgan fingerprint density at radius 1 is 1.14 bits per heavy atom. The minimum Gasteiger partial charge on any atom is -0.496 e. The van der Waals surface area contributed by atoms with Crippen LogP contribution in [0.5, 0.6) is 5.75 Å². The molecular weight excluding hydrogens is 311 g/mol. The van der Waals surface area contributed by atoms with E-state index in [1.165, 1.54) is 13.3 Å². The number of para-hydroxylation sites is 1. The molecule has 0 radical (unpaired) electrons. The van der Waals surface area contributed by atoms with Gasteiger partial charge in [0, 0.05) is 5.56 Å². The lowest BCUT2D eigenvalue weighted by atomic mass is 10.2. The molecule has 2 aromatic carbocycles. The van der Waals surface area contributed by atoms with Crippen molar-refractivity contribution in [2.45, 2.75) is 0 Å². The number of amides is 1. The predicted molar refractivity (Wildman–Crippen MR) is 84.5 cm³/mol. The molecule has 0 fully saturated rings. The fourth-order valence-electron chi connectivity index (χ4n) is 1.68. The molecular formula is C15H12Cl2N2O2. The van der Waals surface area contributed by atoms with Gasteiger partial charge < -0.3 is 4.74 Å². The third kappa shape index (κ3) is 3.74. The van der Waals surface area contributed by atoms with Crippen LogP contribution in [0.1, 0.15) is 15.9 Å². The molecule has 0 saturated heterocycles. The number of methoxy groups -OCH3 is 1. The van der Waals surface area contributed by atoms with E-state index in [-0.39, 0.29) is 5.91 Å². The molecule has 4 nitrogen and oxygen atoms in total. The van der Waals surface area contributed by atoms with Gasteiger partial charge in [0.2, 0.25) is 0 Å². The number of hydrogen-bond donors (Lipinski definition) is 1. The standard InChI is InChI=1S/C15H12Cl2N2O2/c1-21-14-8-3-2-5-10(14)15(20)19-18-9-11-12(16)6-4-7-13(11)17/h2-9H,1H3,(H,19,20)/b18-9+. The molecule has 0 atom stereocenters. The van der Waals surface area contributed by atoms with Crippen LogP contribution in [0.4, 0.5) is 0 Å². The van der Waals surface area contributed by atoms with Gasteiger partial charge in [-0.15, -0.1) is 0 Å². The molecule has 0 saturated carbocycles. The summed E-state index contributed by atoms with van der Waals surface area (Å²) in [4.78, 5) is 12.0. The first-order valence-electron chi connectivity index (χ1n) is 6.04. The Morgan fingerprint density at radius 2 is 1.81 bits per heavy atom. The molecule has 0 spiro atoms. The number of nitrogens with zero attached hydrogens (tertiary/aromatic N) is 1. The molecule has 0 aliphatic heterocycles. The van der Waals surface area contributed by atoms with Crippen molar-refractivity contribution in [2.75, 3.05) is 7.11 Å². The highest BCUT2D eigenvalue weighted by Crippen LogP contribution is 2.22. The molecule has 2 aromatic rings. The highest BCUT2D eigenvalue weighted by atomic mass is 35.5. The van der Waals surface area contributed by atoms with Gasteiger partial charge in [-0.3, -0.25) is 4.79 Å². The van der Waals surface area contributed by atoms with Crippen LogP contribution in [-0.2, 0) is 0 Å². The van der Waals surface area contributed by atoms with Gasteiger partial charge in [0.1, 0.15) is 5.75 Å². The van der Waals surface area contributed by atoms with Crippen LogP contribution in [0, 0.1) is 0 Å². The van der Waals surface area contributed by atoms with Gasteiger partial charge >= 0.3 is 0 Å². The molecule has 0 bridgehead atoms. The van der Waals surface area contributed by atoms with E-state index in [9.17, 15) is 4.79 Å². The van der Waals surface area contributed by atoms with Gasteiger partial charge in [-0.1, -0.05) is 41.4 Å². The van der Waals surface area contributed by atoms with E-state index in [4.69, 9.17) is 27.9 Å². The van der Waals surface area contributed by atoms with Crippen molar-refractivity contribution >= 4 is 35.3 Å². The summed E-state index contributed by atoms with van der Waals surface area (Å²) in [5, 5.41) is 4.78. The predicted octanol–water partition coefficient (Wildman–Crippen LogP) is 3.77. The lowest BCUT2D eigenvalue weighted by molar-refractivity contribution is 0.0952. The highest BCUT2D eigenvalue weighted by Gasteiger charge is 2.10. The topological polar surface area (TPSA) is 50.7 Å². The number of halogens is 2. The first-order valence-corrected chi connectivity index (χ1v) is 6.79. The van der Waals surface area contributed by atoms with Crippen molar-refractivity contribution in [3.63, 3.8) is 0 Å². The van der Waals surface area contributed by atoms with E-state index in [0.717, 1.165) is 0 Å². The molecule has 2 rings (SSSR count). The Kier molecular flexibility index (Phi) is 5.20. The third-order valence-corrected chi connectivity index (χ3v) is 3.37. The fraction of sp³-hybridized carbons (Fsp3) is 0.0667. The number of nitrogens with one attached hydrogen (secondary N) is 1. The van der Waals surface area contributed by atoms with E-state index >= 15 is 0 Å². The van der Waals surface area contributed by atoms with Gasteiger partial charge in [0.25, 0.3) is 5.91 Å². The van der Waals surface area contributed by atoms with Crippen LogP contribution in [0.25, 0.3) is 0 Å². The zero-order valence-electron chi connectivity index (χ0n) is 11.1. The second-order valence-electron chi connectivity index (χ2n) is 4.03. The molecule has 0 aliphatic carbocycles. The van der Waals surface area contributed by atoms with Crippen LogP contribution in [-0.4, -0.2) is 19.2 Å². The second kappa shape index (κ2) is 7.11. The Hall–Kier alpha value is -2.04. The summed E-state index contributed by atoms with van der Waals surface area (Å²) in [5.74, 6) is 0.0906. The summed E-state index contributed by atoms with van der Waals surface area (Å²) < 4.78 is 5.11. The number of benzene rings is 2. The van der Waals surface area contributed by atoms with Crippen molar-refractivity contribution in [1.29, 1.82) is 0 Å².